The molecule has 32 heavy (non-hydrogen) atoms. The first-order chi connectivity index (χ1) is 15.6. The van der Waals surface area contributed by atoms with Gasteiger partial charge in [-0.15, -0.1) is 0 Å². The number of hydrogen-bond donors (Lipinski definition) is 2. The van der Waals surface area contributed by atoms with Crippen LogP contribution in [0.4, 0.5) is 0 Å². The lowest BCUT2D eigenvalue weighted by Crippen LogP contribution is -2.22. The number of aliphatic hydroxyl groups excluding tert-OH is 2. The van der Waals surface area contributed by atoms with Crippen molar-refractivity contribution in [3.05, 3.63) is 35.4 Å². The summed E-state index contributed by atoms with van der Waals surface area (Å²) >= 11 is 0. The van der Waals surface area contributed by atoms with Crippen LogP contribution in [0.2, 0.25) is 0 Å². The van der Waals surface area contributed by atoms with Gasteiger partial charge in [-0.25, -0.2) is 4.79 Å². The molecule has 0 saturated heterocycles. The predicted octanol–water partition coefficient (Wildman–Crippen LogP) is 6.07. The van der Waals surface area contributed by atoms with E-state index in [9.17, 15) is 9.90 Å². The Bertz CT molecular complexity index is 623. The number of aliphatic hydroxyl groups is 2. The van der Waals surface area contributed by atoms with Crippen LogP contribution in [0, 0.1) is 0 Å². The molecular weight excluding hydrogens is 404 g/mol. The molecule has 0 aliphatic carbocycles. The molecule has 0 heterocycles. The summed E-state index contributed by atoms with van der Waals surface area (Å²) in [4.78, 5) is 11.9. The van der Waals surface area contributed by atoms with Crippen molar-refractivity contribution >= 4 is 12.0 Å². The van der Waals surface area contributed by atoms with Gasteiger partial charge >= 0.3 is 5.97 Å². The fourth-order valence-corrected chi connectivity index (χ4v) is 3.44. The lowest BCUT2D eigenvalue weighted by Gasteiger charge is -2.09. The molecule has 1 atom stereocenters. The van der Waals surface area contributed by atoms with Gasteiger partial charge in [0.2, 0.25) is 0 Å². The number of ether oxygens (including phenoxy) is 2. The molecule has 0 spiro atoms. The number of rotatable bonds is 19. The molecule has 182 valence electrons. The molecule has 0 fully saturated rings. The van der Waals surface area contributed by atoms with E-state index in [1.165, 1.54) is 70.6 Å². The predicted molar refractivity (Wildman–Crippen MR) is 131 cm³/mol. The van der Waals surface area contributed by atoms with Crippen molar-refractivity contribution in [3.8, 4) is 5.75 Å². The van der Waals surface area contributed by atoms with Gasteiger partial charge in [-0.3, -0.25) is 0 Å². The van der Waals surface area contributed by atoms with E-state index in [-0.39, 0.29) is 6.61 Å². The summed E-state index contributed by atoms with van der Waals surface area (Å²) in [5.41, 5.74) is 1.31. The smallest absolute Gasteiger partial charge is 0.333 e. The molecule has 5 heteroatoms. The van der Waals surface area contributed by atoms with E-state index < -0.39 is 18.7 Å². The van der Waals surface area contributed by atoms with Crippen LogP contribution in [-0.2, 0) is 9.53 Å². The summed E-state index contributed by atoms with van der Waals surface area (Å²) in [7, 11) is 0. The second-order valence-electron chi connectivity index (χ2n) is 8.57. The van der Waals surface area contributed by atoms with Crippen LogP contribution >= 0.6 is 0 Å². The molecule has 2 N–H and O–H groups in total. The maximum Gasteiger partial charge on any atom is 0.333 e. The van der Waals surface area contributed by atoms with Gasteiger partial charge in [-0.2, -0.15) is 0 Å². The van der Waals surface area contributed by atoms with Gasteiger partial charge in [-0.05, 0) is 37.1 Å². The maximum absolute atomic E-state index is 11.9. The topological polar surface area (TPSA) is 76.0 Å². The molecule has 0 bridgehead atoms. The summed E-state index contributed by atoms with van der Waals surface area (Å²) in [5.74, 6) is 0.321. The van der Waals surface area contributed by atoms with E-state index in [1.54, 1.807) is 13.0 Å². The Morgan fingerprint density at radius 1 is 0.906 bits per heavy atom. The highest BCUT2D eigenvalue weighted by molar-refractivity contribution is 5.93. The third-order valence-electron chi connectivity index (χ3n) is 5.47. The molecule has 0 aliphatic rings. The van der Waals surface area contributed by atoms with E-state index in [1.807, 2.05) is 24.3 Å². The second kappa shape index (κ2) is 18.7. The summed E-state index contributed by atoms with van der Waals surface area (Å²) in [6.45, 7) is 4.00. The molecule has 0 aliphatic heterocycles. The van der Waals surface area contributed by atoms with Crippen molar-refractivity contribution in [1.29, 1.82) is 0 Å². The molecule has 0 radical (unpaired) electrons. The Balaban J connectivity index is 2.11. The van der Waals surface area contributed by atoms with Crippen LogP contribution < -0.4 is 4.74 Å². The lowest BCUT2D eigenvalue weighted by atomic mass is 10.1. The van der Waals surface area contributed by atoms with Crippen molar-refractivity contribution < 1.29 is 24.5 Å². The van der Waals surface area contributed by atoms with Gasteiger partial charge in [0.25, 0.3) is 0 Å². The fourth-order valence-electron chi connectivity index (χ4n) is 3.44. The van der Waals surface area contributed by atoms with Crippen molar-refractivity contribution in [2.75, 3.05) is 19.8 Å². The van der Waals surface area contributed by atoms with Crippen molar-refractivity contribution in [2.24, 2.45) is 0 Å². The van der Waals surface area contributed by atoms with Gasteiger partial charge < -0.3 is 19.7 Å². The largest absolute Gasteiger partial charge is 0.494 e. The third kappa shape index (κ3) is 14.3. The molecular formula is C27H44O5. The van der Waals surface area contributed by atoms with Crippen LogP contribution in [0.5, 0.6) is 5.75 Å². The number of hydrogen-bond acceptors (Lipinski definition) is 5. The van der Waals surface area contributed by atoms with Crippen molar-refractivity contribution in [1.82, 2.24) is 0 Å². The van der Waals surface area contributed by atoms with Crippen molar-refractivity contribution in [3.63, 3.8) is 0 Å². The molecule has 0 amide bonds. The number of carbonyl (C=O) groups excluding carboxylic acids is 1. The third-order valence-corrected chi connectivity index (χ3v) is 5.47. The zero-order chi connectivity index (χ0) is 23.4. The highest BCUT2D eigenvalue weighted by Crippen LogP contribution is 2.16. The summed E-state index contributed by atoms with van der Waals surface area (Å²) in [5, 5.41) is 18.0. The Kier molecular flexibility index (Phi) is 16.5. The second-order valence-corrected chi connectivity index (χ2v) is 8.57. The summed E-state index contributed by atoms with van der Waals surface area (Å²) in [6, 6.07) is 7.61. The first kappa shape index (κ1) is 28.2. The van der Waals surface area contributed by atoms with Crippen LogP contribution in [0.25, 0.3) is 6.08 Å². The summed E-state index contributed by atoms with van der Waals surface area (Å²) in [6.07, 6.45) is 16.6. The van der Waals surface area contributed by atoms with Crippen LogP contribution in [0.3, 0.4) is 0 Å². The Labute approximate surface area is 194 Å². The average Bonchev–Trinajstić information content (AvgIpc) is 2.81. The van der Waals surface area contributed by atoms with E-state index in [0.717, 1.165) is 24.3 Å². The minimum atomic E-state index is -1.05. The van der Waals surface area contributed by atoms with Gasteiger partial charge in [0, 0.05) is 5.57 Å². The standard InChI is InChI=1S/C27H44O5/c1-3-4-5-6-7-8-9-10-11-12-13-14-19-31-26-17-15-24(16-18-26)20-23(2)27(30)32-22-25(29)21-28/h15-18,20,25,28-29H,3-14,19,21-22H2,1-2H3/b23-20+. The zero-order valence-corrected chi connectivity index (χ0v) is 20.2. The van der Waals surface area contributed by atoms with Crippen LogP contribution in [0.1, 0.15) is 96.5 Å². The SMILES string of the molecule is CCCCCCCCCCCCCCOc1ccc(/C=C(\C)C(=O)OCC(O)CO)cc1. The monoisotopic (exact) mass is 448 g/mol. The minimum absolute atomic E-state index is 0.216. The highest BCUT2D eigenvalue weighted by atomic mass is 16.5. The molecule has 0 aromatic heterocycles. The maximum atomic E-state index is 11.9. The fraction of sp³-hybridized carbons (Fsp3) is 0.667. The molecule has 5 nitrogen and oxygen atoms in total. The van der Waals surface area contributed by atoms with Gasteiger partial charge in [0.1, 0.15) is 18.5 Å². The first-order valence-electron chi connectivity index (χ1n) is 12.4. The Morgan fingerprint density at radius 3 is 1.97 bits per heavy atom. The first-order valence-corrected chi connectivity index (χ1v) is 12.4. The number of carbonyl (C=O) groups is 1. The molecule has 1 aromatic rings. The van der Waals surface area contributed by atoms with E-state index in [4.69, 9.17) is 14.6 Å². The van der Waals surface area contributed by atoms with Crippen LogP contribution in [0.15, 0.2) is 29.8 Å². The molecule has 1 rings (SSSR count). The van der Waals surface area contributed by atoms with Gasteiger partial charge in [0.05, 0.1) is 13.2 Å². The Morgan fingerprint density at radius 2 is 1.44 bits per heavy atom. The number of esters is 1. The van der Waals surface area contributed by atoms with E-state index in [2.05, 4.69) is 6.92 Å². The van der Waals surface area contributed by atoms with Gasteiger partial charge in [0.15, 0.2) is 0 Å². The minimum Gasteiger partial charge on any atom is -0.494 e. The average molecular weight is 449 g/mol. The number of benzene rings is 1. The van der Waals surface area contributed by atoms with Crippen molar-refractivity contribution in [2.45, 2.75) is 97.0 Å². The summed E-state index contributed by atoms with van der Waals surface area (Å²) < 4.78 is 10.8. The normalized spacial score (nSPS) is 12.6. The van der Waals surface area contributed by atoms with Gasteiger partial charge in [-0.1, -0.05) is 89.7 Å². The molecule has 1 unspecified atom stereocenters. The zero-order valence-electron chi connectivity index (χ0n) is 20.2. The Hall–Kier alpha value is -1.85. The van der Waals surface area contributed by atoms with E-state index in [0.29, 0.717) is 5.57 Å². The molecule has 0 saturated carbocycles. The quantitative estimate of drug-likeness (QED) is 0.153. The van der Waals surface area contributed by atoms with Crippen LogP contribution in [-0.4, -0.2) is 42.1 Å². The highest BCUT2D eigenvalue weighted by Gasteiger charge is 2.09. The molecule has 1 aromatic carbocycles. The van der Waals surface area contributed by atoms with E-state index >= 15 is 0 Å². The number of unbranched alkanes of at least 4 members (excludes halogenated alkanes) is 11. The lowest BCUT2D eigenvalue weighted by molar-refractivity contribution is -0.142.